The largest absolute Gasteiger partial charge is 0.480 e. The zero-order chi connectivity index (χ0) is 18.9. The summed E-state index contributed by atoms with van der Waals surface area (Å²) in [6.45, 7) is 0.0972. The van der Waals surface area contributed by atoms with E-state index in [-0.39, 0.29) is 22.3 Å². The highest BCUT2D eigenvalue weighted by molar-refractivity contribution is 6.45. The first-order valence-electron chi connectivity index (χ1n) is 7.26. The highest BCUT2D eigenvalue weighted by atomic mass is 35.5. The predicted octanol–water partition coefficient (Wildman–Crippen LogP) is 3.09. The van der Waals surface area contributed by atoms with Crippen molar-refractivity contribution in [3.8, 4) is 18.1 Å². The van der Waals surface area contributed by atoms with Crippen molar-refractivity contribution in [2.45, 2.75) is 0 Å². The molecular weight excluding hydrogens is 377 g/mol. The second kappa shape index (κ2) is 9.47. The standard InChI is InChI=1S/C18H13Cl2N3O3/c1-2-10-26-15-9-4-3-6-12(15)11-21-23-18(25)17(24)22-14-8-5-7-13(19)16(14)20/h1,3-9,11H,10H2,(H,22,24)(H,23,25)/b21-11+. The Morgan fingerprint density at radius 1 is 1.15 bits per heavy atom. The van der Waals surface area contributed by atoms with E-state index in [0.717, 1.165) is 0 Å². The Morgan fingerprint density at radius 3 is 2.69 bits per heavy atom. The third kappa shape index (κ3) is 5.24. The van der Waals surface area contributed by atoms with Crippen LogP contribution in [-0.2, 0) is 9.59 Å². The van der Waals surface area contributed by atoms with Crippen LogP contribution in [0.2, 0.25) is 10.0 Å². The molecular formula is C18H13Cl2N3O3. The van der Waals surface area contributed by atoms with Gasteiger partial charge in [-0.1, -0.05) is 47.3 Å². The lowest BCUT2D eigenvalue weighted by Crippen LogP contribution is -2.32. The van der Waals surface area contributed by atoms with Gasteiger partial charge in [-0.3, -0.25) is 9.59 Å². The van der Waals surface area contributed by atoms with Gasteiger partial charge in [0.1, 0.15) is 12.4 Å². The second-order valence-electron chi connectivity index (χ2n) is 4.79. The number of nitrogens with zero attached hydrogens (tertiary/aromatic N) is 1. The zero-order valence-corrected chi connectivity index (χ0v) is 14.8. The van der Waals surface area contributed by atoms with Crippen molar-refractivity contribution in [3.63, 3.8) is 0 Å². The molecule has 2 amide bonds. The second-order valence-corrected chi connectivity index (χ2v) is 5.57. The molecule has 6 nitrogen and oxygen atoms in total. The van der Waals surface area contributed by atoms with E-state index in [2.05, 4.69) is 21.8 Å². The third-order valence-electron chi connectivity index (χ3n) is 3.01. The van der Waals surface area contributed by atoms with E-state index in [0.29, 0.717) is 11.3 Å². The average molecular weight is 390 g/mol. The summed E-state index contributed by atoms with van der Waals surface area (Å²) in [5, 5.41) is 6.48. The summed E-state index contributed by atoms with van der Waals surface area (Å²) in [4.78, 5) is 23.7. The zero-order valence-electron chi connectivity index (χ0n) is 13.3. The molecule has 2 N–H and O–H groups in total. The summed E-state index contributed by atoms with van der Waals surface area (Å²) in [6.07, 6.45) is 6.49. The molecule has 0 aliphatic rings. The number of para-hydroxylation sites is 1. The van der Waals surface area contributed by atoms with Gasteiger partial charge in [-0.2, -0.15) is 5.10 Å². The number of nitrogens with one attached hydrogen (secondary N) is 2. The van der Waals surface area contributed by atoms with E-state index < -0.39 is 11.8 Å². The molecule has 0 fully saturated rings. The van der Waals surface area contributed by atoms with Crippen LogP contribution >= 0.6 is 23.2 Å². The van der Waals surface area contributed by atoms with Gasteiger partial charge in [0.2, 0.25) is 0 Å². The van der Waals surface area contributed by atoms with Gasteiger partial charge in [0.15, 0.2) is 0 Å². The normalized spacial score (nSPS) is 10.2. The van der Waals surface area contributed by atoms with Crippen LogP contribution in [0.1, 0.15) is 5.56 Å². The molecule has 0 spiro atoms. The van der Waals surface area contributed by atoms with E-state index in [1.54, 1.807) is 36.4 Å². The van der Waals surface area contributed by atoms with Gasteiger partial charge in [-0.05, 0) is 24.3 Å². The molecule has 0 saturated heterocycles. The number of carbonyl (C=O) groups excluding carboxylic acids is 2. The molecule has 26 heavy (non-hydrogen) atoms. The first-order valence-corrected chi connectivity index (χ1v) is 8.02. The van der Waals surface area contributed by atoms with Crippen LogP contribution < -0.4 is 15.5 Å². The number of benzene rings is 2. The number of ether oxygens (including phenoxy) is 1. The average Bonchev–Trinajstić information content (AvgIpc) is 2.64. The molecule has 0 atom stereocenters. The third-order valence-corrected chi connectivity index (χ3v) is 3.82. The molecule has 0 saturated carbocycles. The molecule has 0 radical (unpaired) electrons. The molecule has 132 valence electrons. The van der Waals surface area contributed by atoms with Crippen LogP contribution in [0.5, 0.6) is 5.75 Å². The van der Waals surface area contributed by atoms with E-state index in [1.165, 1.54) is 12.3 Å². The number of terminal acetylenes is 1. The van der Waals surface area contributed by atoms with E-state index in [1.807, 2.05) is 0 Å². The lowest BCUT2D eigenvalue weighted by molar-refractivity contribution is -0.136. The molecule has 2 aromatic rings. The molecule has 0 aliphatic heterocycles. The Morgan fingerprint density at radius 2 is 1.92 bits per heavy atom. The lowest BCUT2D eigenvalue weighted by Gasteiger charge is -2.07. The summed E-state index contributed by atoms with van der Waals surface area (Å²) < 4.78 is 5.35. The first kappa shape index (κ1) is 19.3. The molecule has 8 heteroatoms. The number of halogens is 2. The van der Waals surface area contributed by atoms with Gasteiger partial charge >= 0.3 is 11.8 Å². The van der Waals surface area contributed by atoms with E-state index >= 15 is 0 Å². The summed E-state index contributed by atoms with van der Waals surface area (Å²) in [5.74, 6) is 0.939. The van der Waals surface area contributed by atoms with Crippen molar-refractivity contribution in [2.24, 2.45) is 5.10 Å². The van der Waals surface area contributed by atoms with Crippen molar-refractivity contribution in [2.75, 3.05) is 11.9 Å². The van der Waals surface area contributed by atoms with E-state index in [4.69, 9.17) is 34.4 Å². The Kier molecular flexibility index (Phi) is 7.03. The summed E-state index contributed by atoms with van der Waals surface area (Å²) in [7, 11) is 0. The number of rotatable bonds is 5. The molecule has 0 aliphatic carbocycles. The number of hydrogen-bond donors (Lipinski definition) is 2. The van der Waals surface area contributed by atoms with Crippen LogP contribution in [0, 0.1) is 12.3 Å². The molecule has 0 bridgehead atoms. The highest BCUT2D eigenvalue weighted by Crippen LogP contribution is 2.29. The van der Waals surface area contributed by atoms with E-state index in [9.17, 15) is 9.59 Å². The van der Waals surface area contributed by atoms with Crippen molar-refractivity contribution >= 4 is 46.9 Å². The quantitative estimate of drug-likeness (QED) is 0.356. The minimum absolute atomic E-state index is 0.0972. The highest BCUT2D eigenvalue weighted by Gasteiger charge is 2.15. The number of hydrogen-bond acceptors (Lipinski definition) is 4. The fraction of sp³-hybridized carbons (Fsp3) is 0.0556. The molecule has 0 unspecified atom stereocenters. The maximum atomic E-state index is 11.9. The molecule has 0 aromatic heterocycles. The Labute approximate surface area is 160 Å². The van der Waals surface area contributed by atoms with Crippen LogP contribution in [0.15, 0.2) is 47.6 Å². The van der Waals surface area contributed by atoms with Crippen LogP contribution in [0.25, 0.3) is 0 Å². The minimum Gasteiger partial charge on any atom is -0.480 e. The minimum atomic E-state index is -0.973. The van der Waals surface area contributed by atoms with Crippen molar-refractivity contribution in [1.29, 1.82) is 0 Å². The van der Waals surface area contributed by atoms with Gasteiger partial charge in [-0.25, -0.2) is 5.43 Å². The van der Waals surface area contributed by atoms with Crippen molar-refractivity contribution < 1.29 is 14.3 Å². The number of carbonyl (C=O) groups is 2. The smallest absolute Gasteiger partial charge is 0.329 e. The fourth-order valence-corrected chi connectivity index (χ4v) is 2.18. The van der Waals surface area contributed by atoms with Crippen LogP contribution in [-0.4, -0.2) is 24.6 Å². The predicted molar refractivity (Wildman–Crippen MR) is 102 cm³/mol. The van der Waals surface area contributed by atoms with Crippen LogP contribution in [0.3, 0.4) is 0 Å². The topological polar surface area (TPSA) is 79.8 Å². The van der Waals surface area contributed by atoms with Crippen LogP contribution in [0.4, 0.5) is 5.69 Å². The van der Waals surface area contributed by atoms with Crippen molar-refractivity contribution in [1.82, 2.24) is 5.43 Å². The van der Waals surface area contributed by atoms with Gasteiger partial charge in [-0.15, -0.1) is 6.42 Å². The molecule has 0 heterocycles. The van der Waals surface area contributed by atoms with Gasteiger partial charge < -0.3 is 10.1 Å². The number of hydrazone groups is 1. The Bertz CT molecular complexity index is 891. The lowest BCUT2D eigenvalue weighted by atomic mass is 10.2. The number of anilines is 1. The first-order chi connectivity index (χ1) is 12.5. The molecule has 2 aromatic carbocycles. The van der Waals surface area contributed by atoms with Crippen molar-refractivity contribution in [3.05, 3.63) is 58.1 Å². The van der Waals surface area contributed by atoms with Gasteiger partial charge in [0, 0.05) is 5.56 Å². The Hall–Kier alpha value is -3.01. The maximum Gasteiger partial charge on any atom is 0.329 e. The molecule has 2 rings (SSSR count). The van der Waals surface area contributed by atoms with Gasteiger partial charge in [0.05, 0.1) is 21.9 Å². The van der Waals surface area contributed by atoms with Gasteiger partial charge in [0.25, 0.3) is 0 Å². The SMILES string of the molecule is C#CCOc1ccccc1/C=N/NC(=O)C(=O)Nc1cccc(Cl)c1Cl. The number of amides is 2. The Balaban J connectivity index is 1.98. The summed E-state index contributed by atoms with van der Waals surface area (Å²) >= 11 is 11.8. The summed E-state index contributed by atoms with van der Waals surface area (Å²) in [6, 6.07) is 11.6. The fourth-order valence-electron chi connectivity index (χ4n) is 1.83. The monoisotopic (exact) mass is 389 g/mol. The summed E-state index contributed by atoms with van der Waals surface area (Å²) in [5.41, 5.74) is 2.92. The maximum absolute atomic E-state index is 11.9.